The first-order valence-corrected chi connectivity index (χ1v) is 6.46. The van der Waals surface area contributed by atoms with E-state index in [1.165, 1.54) is 12.1 Å². The van der Waals surface area contributed by atoms with Crippen LogP contribution in [0.4, 0.5) is 4.39 Å². The zero-order chi connectivity index (χ0) is 14.2. The van der Waals surface area contributed by atoms with E-state index >= 15 is 0 Å². The van der Waals surface area contributed by atoms with E-state index in [4.69, 9.17) is 4.74 Å². The third-order valence-corrected chi connectivity index (χ3v) is 4.14. The number of hydrogen-bond donors (Lipinski definition) is 1. The maximum Gasteiger partial charge on any atom is 0.254 e. The molecule has 1 aromatic rings. The minimum Gasteiger partial charge on any atom is -0.381 e. The molecule has 1 N–H and O–H groups in total. The Bertz CT molecular complexity index is 499. The number of carbonyl (C=O) groups excluding carboxylic acids is 1. The van der Waals surface area contributed by atoms with Gasteiger partial charge in [-0.2, -0.15) is 0 Å². The van der Waals surface area contributed by atoms with Crippen LogP contribution in [0.15, 0.2) is 18.2 Å². The van der Waals surface area contributed by atoms with E-state index in [0.717, 1.165) is 12.0 Å². The average Bonchev–Trinajstić information content (AvgIpc) is 2.33. The number of hydrogen-bond acceptors (Lipinski definition) is 2. The third-order valence-electron chi connectivity index (χ3n) is 4.14. The Morgan fingerprint density at radius 3 is 2.68 bits per heavy atom. The fraction of sp³-hybridized carbons (Fsp3) is 0.533. The van der Waals surface area contributed by atoms with Gasteiger partial charge in [-0.1, -0.05) is 19.9 Å². The number of ether oxygens (including phenoxy) is 1. The van der Waals surface area contributed by atoms with Crippen LogP contribution in [0.1, 0.15) is 36.2 Å². The standard InChI is InChI=1S/C15H20FNO2/c1-9-5-6-10(11(16)7-9)14(18)17-12-8-13(19-4)15(12,2)3/h5-7,12-13H,8H2,1-4H3,(H,17,18). The van der Waals surface area contributed by atoms with Gasteiger partial charge in [-0.15, -0.1) is 0 Å². The molecule has 2 rings (SSSR count). The van der Waals surface area contributed by atoms with Crippen molar-refractivity contribution in [1.29, 1.82) is 0 Å². The summed E-state index contributed by atoms with van der Waals surface area (Å²) in [5.41, 5.74) is 0.783. The van der Waals surface area contributed by atoms with Crippen LogP contribution in [0.25, 0.3) is 0 Å². The van der Waals surface area contributed by atoms with Crippen LogP contribution in [0.3, 0.4) is 0 Å². The van der Waals surface area contributed by atoms with E-state index in [1.807, 2.05) is 13.8 Å². The van der Waals surface area contributed by atoms with Crippen molar-refractivity contribution in [3.8, 4) is 0 Å². The van der Waals surface area contributed by atoms with Crippen molar-refractivity contribution in [1.82, 2.24) is 5.32 Å². The predicted octanol–water partition coefficient (Wildman–Crippen LogP) is 2.68. The molecule has 1 aliphatic rings. The number of nitrogens with one attached hydrogen (secondary N) is 1. The van der Waals surface area contributed by atoms with Crippen LogP contribution in [-0.4, -0.2) is 25.2 Å². The summed E-state index contributed by atoms with van der Waals surface area (Å²) in [7, 11) is 1.67. The van der Waals surface area contributed by atoms with Crippen molar-refractivity contribution in [3.05, 3.63) is 35.1 Å². The number of benzene rings is 1. The van der Waals surface area contributed by atoms with Crippen molar-refractivity contribution in [3.63, 3.8) is 0 Å². The predicted molar refractivity (Wildman–Crippen MR) is 71.6 cm³/mol. The number of carbonyl (C=O) groups is 1. The maximum absolute atomic E-state index is 13.7. The molecule has 0 aliphatic heterocycles. The third kappa shape index (κ3) is 2.50. The summed E-state index contributed by atoms with van der Waals surface area (Å²) in [5.74, 6) is -0.831. The molecule has 4 heteroatoms. The topological polar surface area (TPSA) is 38.3 Å². The molecule has 19 heavy (non-hydrogen) atoms. The van der Waals surface area contributed by atoms with E-state index in [0.29, 0.717) is 0 Å². The van der Waals surface area contributed by atoms with E-state index in [1.54, 1.807) is 20.1 Å². The van der Waals surface area contributed by atoms with Crippen LogP contribution in [0.5, 0.6) is 0 Å². The first-order valence-electron chi connectivity index (χ1n) is 6.46. The molecule has 2 unspecified atom stereocenters. The Morgan fingerprint density at radius 1 is 1.47 bits per heavy atom. The molecular formula is C15H20FNO2. The Morgan fingerprint density at radius 2 is 2.16 bits per heavy atom. The summed E-state index contributed by atoms with van der Waals surface area (Å²) in [5, 5.41) is 2.89. The number of methoxy groups -OCH3 is 1. The molecule has 0 radical (unpaired) electrons. The SMILES string of the molecule is COC1CC(NC(=O)c2ccc(C)cc2F)C1(C)C. The zero-order valence-electron chi connectivity index (χ0n) is 11.8. The summed E-state index contributed by atoms with van der Waals surface area (Å²) in [6.07, 6.45) is 0.906. The Kier molecular flexibility index (Phi) is 3.63. The molecule has 0 heterocycles. The highest BCUT2D eigenvalue weighted by atomic mass is 19.1. The van der Waals surface area contributed by atoms with Gasteiger partial charge in [0.05, 0.1) is 11.7 Å². The van der Waals surface area contributed by atoms with Crippen molar-refractivity contribution >= 4 is 5.91 Å². The summed E-state index contributed by atoms with van der Waals surface area (Å²) in [6, 6.07) is 4.66. The largest absolute Gasteiger partial charge is 0.381 e. The molecule has 1 aromatic carbocycles. The van der Waals surface area contributed by atoms with E-state index in [2.05, 4.69) is 5.32 Å². The number of halogens is 1. The fourth-order valence-corrected chi connectivity index (χ4v) is 2.57. The molecule has 0 saturated heterocycles. The maximum atomic E-state index is 13.7. The molecule has 1 amide bonds. The lowest BCUT2D eigenvalue weighted by atomic mass is 9.64. The van der Waals surface area contributed by atoms with Gasteiger partial charge in [0, 0.05) is 18.6 Å². The van der Waals surface area contributed by atoms with Crippen molar-refractivity contribution in [2.24, 2.45) is 5.41 Å². The number of amides is 1. The van der Waals surface area contributed by atoms with Gasteiger partial charge in [-0.25, -0.2) is 4.39 Å². The highest BCUT2D eigenvalue weighted by Crippen LogP contribution is 2.42. The summed E-state index contributed by atoms with van der Waals surface area (Å²) in [4.78, 5) is 12.1. The van der Waals surface area contributed by atoms with Gasteiger partial charge in [0.1, 0.15) is 5.82 Å². The Balaban J connectivity index is 2.07. The molecule has 104 valence electrons. The molecule has 3 nitrogen and oxygen atoms in total. The smallest absolute Gasteiger partial charge is 0.254 e. The van der Waals surface area contributed by atoms with Crippen LogP contribution in [0, 0.1) is 18.2 Å². The van der Waals surface area contributed by atoms with Gasteiger partial charge in [0.15, 0.2) is 0 Å². The van der Waals surface area contributed by atoms with Crippen molar-refractivity contribution in [2.75, 3.05) is 7.11 Å². The quantitative estimate of drug-likeness (QED) is 0.912. The molecule has 1 aliphatic carbocycles. The number of aryl methyl sites for hydroxylation is 1. The minimum atomic E-state index is -0.474. The van der Waals surface area contributed by atoms with Crippen LogP contribution in [0.2, 0.25) is 0 Å². The number of rotatable bonds is 3. The second-order valence-corrected chi connectivity index (χ2v) is 5.79. The summed E-state index contributed by atoms with van der Waals surface area (Å²) >= 11 is 0. The van der Waals surface area contributed by atoms with Crippen LogP contribution >= 0.6 is 0 Å². The summed E-state index contributed by atoms with van der Waals surface area (Å²) in [6.45, 7) is 5.88. The van der Waals surface area contributed by atoms with Gasteiger partial charge in [0.2, 0.25) is 0 Å². The second-order valence-electron chi connectivity index (χ2n) is 5.79. The van der Waals surface area contributed by atoms with Crippen molar-refractivity contribution in [2.45, 2.75) is 39.3 Å². The highest BCUT2D eigenvalue weighted by molar-refractivity contribution is 5.94. The van der Waals surface area contributed by atoms with Crippen LogP contribution < -0.4 is 5.32 Å². The second kappa shape index (κ2) is 4.93. The summed E-state index contributed by atoms with van der Waals surface area (Å²) < 4.78 is 19.1. The molecular weight excluding hydrogens is 245 g/mol. The van der Waals surface area contributed by atoms with Crippen molar-refractivity contribution < 1.29 is 13.9 Å². The lowest BCUT2D eigenvalue weighted by Crippen LogP contribution is -2.61. The average molecular weight is 265 g/mol. The van der Waals surface area contributed by atoms with E-state index < -0.39 is 5.82 Å². The van der Waals surface area contributed by atoms with Crippen LogP contribution in [-0.2, 0) is 4.74 Å². The zero-order valence-corrected chi connectivity index (χ0v) is 11.8. The van der Waals surface area contributed by atoms with Gasteiger partial charge >= 0.3 is 0 Å². The van der Waals surface area contributed by atoms with Gasteiger partial charge in [-0.3, -0.25) is 4.79 Å². The van der Waals surface area contributed by atoms with Gasteiger partial charge < -0.3 is 10.1 Å². The monoisotopic (exact) mass is 265 g/mol. The molecule has 0 aromatic heterocycles. The lowest BCUT2D eigenvalue weighted by Gasteiger charge is -2.51. The molecule has 0 bridgehead atoms. The Hall–Kier alpha value is -1.42. The molecule has 1 saturated carbocycles. The fourth-order valence-electron chi connectivity index (χ4n) is 2.57. The first-order chi connectivity index (χ1) is 8.86. The molecule has 0 spiro atoms. The molecule has 1 fully saturated rings. The Labute approximate surface area is 113 Å². The lowest BCUT2D eigenvalue weighted by molar-refractivity contribution is -0.0942. The van der Waals surface area contributed by atoms with Gasteiger partial charge in [-0.05, 0) is 31.0 Å². The normalized spacial score (nSPS) is 24.7. The highest BCUT2D eigenvalue weighted by Gasteiger charge is 2.49. The van der Waals surface area contributed by atoms with Gasteiger partial charge in [0.25, 0.3) is 5.91 Å². The molecule has 2 atom stereocenters. The van der Waals surface area contributed by atoms with E-state index in [9.17, 15) is 9.18 Å². The van der Waals surface area contributed by atoms with E-state index in [-0.39, 0.29) is 29.0 Å². The minimum absolute atomic E-state index is 0.0191. The first kappa shape index (κ1) is 14.0.